The molecule has 0 radical (unpaired) electrons. The quantitative estimate of drug-likeness (QED) is 0.790. The Balaban J connectivity index is 2.15. The Labute approximate surface area is 120 Å². The Morgan fingerprint density at radius 2 is 1.85 bits per heavy atom. The molecule has 0 bridgehead atoms. The summed E-state index contributed by atoms with van der Waals surface area (Å²) in [7, 11) is -3.20. The van der Waals surface area contributed by atoms with Gasteiger partial charge in [-0.25, -0.2) is 13.4 Å². The van der Waals surface area contributed by atoms with Crippen LogP contribution < -0.4 is 5.73 Å². The molecule has 0 unspecified atom stereocenters. The van der Waals surface area contributed by atoms with Gasteiger partial charge in [0.15, 0.2) is 15.0 Å². The third kappa shape index (κ3) is 2.39. The third-order valence-corrected chi connectivity index (χ3v) is 4.96. The topological polar surface area (TPSA) is 73.0 Å². The van der Waals surface area contributed by atoms with Gasteiger partial charge in [-0.05, 0) is 35.4 Å². The summed E-state index contributed by atoms with van der Waals surface area (Å²) in [5.41, 5.74) is 8.36. The van der Waals surface area contributed by atoms with Gasteiger partial charge in [-0.3, -0.25) is 0 Å². The van der Waals surface area contributed by atoms with Crippen LogP contribution in [0.2, 0.25) is 0 Å². The fourth-order valence-corrected chi connectivity index (χ4v) is 3.47. The van der Waals surface area contributed by atoms with Crippen molar-refractivity contribution in [1.82, 2.24) is 4.98 Å². The van der Waals surface area contributed by atoms with Gasteiger partial charge in [0.1, 0.15) is 0 Å². The van der Waals surface area contributed by atoms with E-state index >= 15 is 0 Å². The first-order valence-electron chi connectivity index (χ1n) is 5.90. The van der Waals surface area contributed by atoms with Crippen LogP contribution in [0.3, 0.4) is 0 Å². The Morgan fingerprint density at radius 3 is 2.60 bits per heavy atom. The van der Waals surface area contributed by atoms with E-state index in [0.29, 0.717) is 10.0 Å². The van der Waals surface area contributed by atoms with Crippen LogP contribution in [0.25, 0.3) is 21.3 Å². The van der Waals surface area contributed by atoms with E-state index in [1.807, 2.05) is 24.3 Å². The molecule has 0 fully saturated rings. The fraction of sp³-hybridized carbons (Fsp3) is 0.0714. The number of sulfone groups is 1. The summed E-state index contributed by atoms with van der Waals surface area (Å²) < 4.78 is 24.2. The summed E-state index contributed by atoms with van der Waals surface area (Å²) in [6.07, 6.45) is 1.21. The molecule has 2 aromatic carbocycles. The molecule has 102 valence electrons. The van der Waals surface area contributed by atoms with Crippen LogP contribution in [0.5, 0.6) is 0 Å². The van der Waals surface area contributed by atoms with Gasteiger partial charge >= 0.3 is 0 Å². The van der Waals surface area contributed by atoms with Crippen molar-refractivity contribution in [2.24, 2.45) is 0 Å². The Hall–Kier alpha value is -1.92. The predicted octanol–water partition coefficient (Wildman–Crippen LogP) is 2.95. The van der Waals surface area contributed by atoms with Gasteiger partial charge in [0, 0.05) is 6.26 Å². The number of anilines is 1. The highest BCUT2D eigenvalue weighted by Gasteiger charge is 2.09. The number of hydrogen-bond donors (Lipinski definition) is 1. The predicted molar refractivity (Wildman–Crippen MR) is 82.6 cm³/mol. The number of nitrogen functional groups attached to an aromatic ring is 1. The number of fused-ring (bicyclic) bond motifs is 1. The van der Waals surface area contributed by atoms with Crippen molar-refractivity contribution in [3.63, 3.8) is 0 Å². The molecule has 2 N–H and O–H groups in total. The third-order valence-electron chi connectivity index (χ3n) is 3.00. The van der Waals surface area contributed by atoms with E-state index in [1.54, 1.807) is 18.2 Å². The molecular formula is C14H12N2O2S2. The molecule has 0 atom stereocenters. The van der Waals surface area contributed by atoms with Crippen molar-refractivity contribution in [3.05, 3.63) is 42.5 Å². The fourth-order valence-electron chi connectivity index (χ4n) is 2.03. The van der Waals surface area contributed by atoms with Crippen LogP contribution in [0, 0.1) is 0 Å². The highest BCUT2D eigenvalue weighted by molar-refractivity contribution is 7.90. The van der Waals surface area contributed by atoms with E-state index in [9.17, 15) is 8.42 Å². The van der Waals surface area contributed by atoms with Crippen LogP contribution in [-0.4, -0.2) is 19.7 Å². The second-order valence-corrected chi connectivity index (χ2v) is 7.61. The smallest absolute Gasteiger partial charge is 0.181 e. The molecule has 4 nitrogen and oxygen atoms in total. The van der Waals surface area contributed by atoms with Crippen molar-refractivity contribution < 1.29 is 8.42 Å². The number of benzene rings is 2. The molecule has 1 heterocycles. The summed E-state index contributed by atoms with van der Waals surface area (Å²) in [6.45, 7) is 0. The van der Waals surface area contributed by atoms with Crippen molar-refractivity contribution in [2.45, 2.75) is 4.90 Å². The molecule has 6 heteroatoms. The van der Waals surface area contributed by atoms with Crippen LogP contribution in [-0.2, 0) is 9.84 Å². The summed E-state index contributed by atoms with van der Waals surface area (Å²) >= 11 is 1.42. The molecular weight excluding hydrogens is 292 g/mol. The van der Waals surface area contributed by atoms with Crippen LogP contribution in [0.15, 0.2) is 47.4 Å². The number of hydrogen-bond acceptors (Lipinski definition) is 5. The lowest BCUT2D eigenvalue weighted by molar-refractivity contribution is 0.602. The lowest BCUT2D eigenvalue weighted by Gasteiger charge is -2.04. The molecule has 0 spiro atoms. The lowest BCUT2D eigenvalue weighted by Crippen LogP contribution is -1.96. The molecule has 0 aliphatic rings. The highest BCUT2D eigenvalue weighted by Crippen LogP contribution is 2.30. The Kier molecular flexibility index (Phi) is 2.99. The summed E-state index contributed by atoms with van der Waals surface area (Å²) in [5.74, 6) is 0. The van der Waals surface area contributed by atoms with Crippen molar-refractivity contribution >= 4 is 36.5 Å². The van der Waals surface area contributed by atoms with Gasteiger partial charge in [0.2, 0.25) is 0 Å². The van der Waals surface area contributed by atoms with E-state index in [4.69, 9.17) is 5.73 Å². The highest BCUT2D eigenvalue weighted by atomic mass is 32.2. The molecule has 20 heavy (non-hydrogen) atoms. The van der Waals surface area contributed by atoms with Crippen LogP contribution in [0.4, 0.5) is 5.13 Å². The monoisotopic (exact) mass is 304 g/mol. The normalized spacial score (nSPS) is 11.8. The van der Waals surface area contributed by atoms with E-state index in [0.717, 1.165) is 21.3 Å². The number of rotatable bonds is 2. The maximum absolute atomic E-state index is 11.6. The minimum absolute atomic E-state index is 0.318. The van der Waals surface area contributed by atoms with Crippen LogP contribution >= 0.6 is 11.3 Å². The number of thiazole rings is 1. The van der Waals surface area contributed by atoms with Crippen LogP contribution in [0.1, 0.15) is 0 Å². The number of nitrogens with zero attached hydrogens (tertiary/aromatic N) is 1. The van der Waals surface area contributed by atoms with Crippen molar-refractivity contribution in [1.29, 1.82) is 0 Å². The summed E-state index contributed by atoms with van der Waals surface area (Å²) in [5, 5.41) is 0.530. The SMILES string of the molecule is CS(=O)(=O)c1cccc(-c2ccc3nc(N)sc3c2)c1. The standard InChI is InChI=1S/C14H12N2O2S2/c1-20(17,18)11-4-2-3-9(7-11)10-5-6-12-13(8-10)19-14(15)16-12/h2-8H,1H3,(H2,15,16). The van der Waals surface area contributed by atoms with Gasteiger partial charge in [-0.2, -0.15) is 0 Å². The zero-order valence-electron chi connectivity index (χ0n) is 10.7. The van der Waals surface area contributed by atoms with E-state index in [2.05, 4.69) is 4.98 Å². The zero-order chi connectivity index (χ0) is 14.3. The lowest BCUT2D eigenvalue weighted by atomic mass is 10.1. The van der Waals surface area contributed by atoms with Gasteiger partial charge in [0.05, 0.1) is 15.1 Å². The Bertz CT molecular complexity index is 898. The molecule has 0 saturated heterocycles. The van der Waals surface area contributed by atoms with Crippen molar-refractivity contribution in [3.8, 4) is 11.1 Å². The van der Waals surface area contributed by atoms with Gasteiger partial charge in [0.25, 0.3) is 0 Å². The first kappa shape index (κ1) is 13.1. The van der Waals surface area contributed by atoms with E-state index in [-0.39, 0.29) is 0 Å². The van der Waals surface area contributed by atoms with Gasteiger partial charge < -0.3 is 5.73 Å². The van der Waals surface area contributed by atoms with E-state index < -0.39 is 9.84 Å². The Morgan fingerprint density at radius 1 is 1.10 bits per heavy atom. The molecule has 0 aliphatic carbocycles. The minimum atomic E-state index is -3.20. The summed E-state index contributed by atoms with van der Waals surface area (Å²) in [6, 6.07) is 12.7. The zero-order valence-corrected chi connectivity index (χ0v) is 12.3. The molecule has 0 saturated carbocycles. The maximum atomic E-state index is 11.6. The molecule has 0 aliphatic heterocycles. The van der Waals surface area contributed by atoms with Crippen molar-refractivity contribution in [2.75, 3.05) is 12.0 Å². The second-order valence-electron chi connectivity index (χ2n) is 4.53. The number of nitrogens with two attached hydrogens (primary N) is 1. The van der Waals surface area contributed by atoms with Gasteiger partial charge in [-0.15, -0.1) is 0 Å². The molecule has 3 rings (SSSR count). The maximum Gasteiger partial charge on any atom is 0.181 e. The first-order chi connectivity index (χ1) is 9.43. The average molecular weight is 304 g/mol. The minimum Gasteiger partial charge on any atom is -0.375 e. The first-order valence-corrected chi connectivity index (χ1v) is 8.61. The largest absolute Gasteiger partial charge is 0.375 e. The van der Waals surface area contributed by atoms with E-state index in [1.165, 1.54) is 17.6 Å². The number of aromatic nitrogens is 1. The second kappa shape index (κ2) is 4.57. The molecule has 3 aromatic rings. The average Bonchev–Trinajstić information content (AvgIpc) is 2.77. The molecule has 0 amide bonds. The summed E-state index contributed by atoms with van der Waals surface area (Å²) in [4.78, 5) is 4.52. The van der Waals surface area contributed by atoms with Gasteiger partial charge in [-0.1, -0.05) is 29.5 Å². The molecule has 1 aromatic heterocycles.